The molecule has 0 radical (unpaired) electrons. The molecule has 0 unspecified atom stereocenters. The van der Waals surface area contributed by atoms with Gasteiger partial charge < -0.3 is 0 Å². The molecule has 2 nitrogen and oxygen atoms in total. The summed E-state index contributed by atoms with van der Waals surface area (Å²) in [6.07, 6.45) is 0. The van der Waals surface area contributed by atoms with Crippen LogP contribution >= 0.6 is 0 Å². The Bertz CT molecular complexity index is 1040. The monoisotopic (exact) mass is 418 g/mol. The van der Waals surface area contributed by atoms with Gasteiger partial charge in [0.05, 0.1) is 12.2 Å². The van der Waals surface area contributed by atoms with E-state index in [1.54, 1.807) is 0 Å². The first-order chi connectivity index (χ1) is 13.9. The van der Waals surface area contributed by atoms with Crippen LogP contribution < -0.4 is 0 Å². The first kappa shape index (κ1) is 20.6. The molecule has 0 bridgehead atoms. The van der Waals surface area contributed by atoms with Gasteiger partial charge >= 0.3 is 17.1 Å². The van der Waals surface area contributed by atoms with Gasteiger partial charge in [-0.15, -0.1) is 11.6 Å². The van der Waals surface area contributed by atoms with Gasteiger partial charge in [-0.3, -0.25) is 4.68 Å². The Labute approximate surface area is 182 Å². The van der Waals surface area contributed by atoms with Crippen molar-refractivity contribution in [1.29, 1.82) is 0 Å². The summed E-state index contributed by atoms with van der Waals surface area (Å²) in [7, 11) is 0. The fraction of sp³-hybridized carbons (Fsp3) is 0.0385. The molecule has 0 N–H and O–H groups in total. The average molecular weight is 418 g/mol. The Morgan fingerprint density at radius 3 is 2.00 bits per heavy atom. The summed E-state index contributed by atoms with van der Waals surface area (Å²) in [5.74, 6) is 0. The maximum absolute atomic E-state index is 4.84. The van der Waals surface area contributed by atoms with Crippen LogP contribution in [0.25, 0.3) is 22.5 Å². The zero-order chi connectivity index (χ0) is 19.0. The topological polar surface area (TPSA) is 17.8 Å². The number of nitrogens with zero attached hydrogens (tertiary/aromatic N) is 2. The predicted octanol–water partition coefficient (Wildman–Crippen LogP) is 6.39. The van der Waals surface area contributed by atoms with Gasteiger partial charge in [0.1, 0.15) is 0 Å². The summed E-state index contributed by atoms with van der Waals surface area (Å²) in [6.45, 7) is 0.770. The van der Waals surface area contributed by atoms with E-state index < -0.39 is 0 Å². The minimum atomic E-state index is 0. The Morgan fingerprint density at radius 1 is 0.724 bits per heavy atom. The minimum absolute atomic E-state index is 0. The Kier molecular flexibility index (Phi) is 7.40. The second-order valence-corrected chi connectivity index (χ2v) is 6.56. The molecule has 0 spiro atoms. The predicted molar refractivity (Wildman–Crippen MR) is 116 cm³/mol. The largest absolute Gasteiger partial charge is 2.00 e. The Morgan fingerprint density at radius 2 is 1.41 bits per heavy atom. The van der Waals surface area contributed by atoms with Gasteiger partial charge in [-0.25, -0.2) is 17.2 Å². The summed E-state index contributed by atoms with van der Waals surface area (Å²) in [4.78, 5) is 0. The fourth-order valence-corrected chi connectivity index (χ4v) is 3.14. The first-order valence-corrected chi connectivity index (χ1v) is 9.46. The molecule has 0 aliphatic heterocycles. The summed E-state index contributed by atoms with van der Waals surface area (Å²) < 4.78 is 2.09. The standard InChI is InChI=1S/C21H17N2.C5H5.Fe/c1-3-9-17(10-4-1)16-23-21(19-13-5-2-6-14-19)15-20(22-23)18-11-7-8-12-18;1-2-4-5-3-1;/h1-15H,16H2;1-5H;/q2*-1;+2. The molecule has 144 valence electrons. The summed E-state index contributed by atoms with van der Waals surface area (Å²) in [5, 5.41) is 4.84. The third kappa shape index (κ3) is 5.45. The van der Waals surface area contributed by atoms with Gasteiger partial charge in [-0.2, -0.15) is 36.4 Å². The van der Waals surface area contributed by atoms with Crippen molar-refractivity contribution in [3.8, 4) is 22.5 Å². The Hall–Kier alpha value is -3.13. The van der Waals surface area contributed by atoms with Crippen LogP contribution in [0.2, 0.25) is 0 Å². The van der Waals surface area contributed by atoms with Crippen molar-refractivity contribution in [2.24, 2.45) is 0 Å². The van der Waals surface area contributed by atoms with Crippen molar-refractivity contribution >= 4 is 0 Å². The SMILES string of the molecule is [Fe+2].c1cc[cH-]c1.c1ccc(Cn2nc(-c3ccc[cH-]3)cc2-c2ccccc2)cc1. The van der Waals surface area contributed by atoms with E-state index in [9.17, 15) is 0 Å². The summed E-state index contributed by atoms with van der Waals surface area (Å²) >= 11 is 0. The third-order valence-corrected chi connectivity index (χ3v) is 4.54. The molecule has 4 aromatic carbocycles. The number of hydrogen-bond acceptors (Lipinski definition) is 1. The van der Waals surface area contributed by atoms with Crippen molar-refractivity contribution in [2.75, 3.05) is 0 Å². The molecule has 0 fully saturated rings. The molecule has 0 saturated carbocycles. The van der Waals surface area contributed by atoms with Crippen LogP contribution in [0, 0.1) is 0 Å². The number of benzene rings is 2. The maximum atomic E-state index is 4.84. The quantitative estimate of drug-likeness (QED) is 0.244. The van der Waals surface area contributed by atoms with Crippen molar-refractivity contribution in [3.05, 3.63) is 127 Å². The van der Waals surface area contributed by atoms with E-state index >= 15 is 0 Å². The van der Waals surface area contributed by atoms with Gasteiger partial charge in [-0.05, 0) is 11.1 Å². The van der Waals surface area contributed by atoms with Crippen LogP contribution in [0.3, 0.4) is 0 Å². The molecule has 0 atom stereocenters. The van der Waals surface area contributed by atoms with Gasteiger partial charge in [0, 0.05) is 5.69 Å². The van der Waals surface area contributed by atoms with E-state index in [1.165, 1.54) is 11.1 Å². The zero-order valence-electron chi connectivity index (χ0n) is 16.0. The van der Waals surface area contributed by atoms with Crippen molar-refractivity contribution in [3.63, 3.8) is 0 Å². The molecule has 3 heteroatoms. The number of hydrogen-bond donors (Lipinski definition) is 0. The third-order valence-electron chi connectivity index (χ3n) is 4.54. The van der Waals surface area contributed by atoms with Crippen molar-refractivity contribution < 1.29 is 17.1 Å². The van der Waals surface area contributed by atoms with Crippen LogP contribution in [0.15, 0.2) is 121 Å². The fourth-order valence-electron chi connectivity index (χ4n) is 3.14. The first-order valence-electron chi connectivity index (χ1n) is 9.46. The smallest absolute Gasteiger partial charge is 0.270 e. The van der Waals surface area contributed by atoms with Gasteiger partial charge in [0.15, 0.2) is 0 Å². The minimum Gasteiger partial charge on any atom is -0.270 e. The zero-order valence-corrected chi connectivity index (χ0v) is 17.1. The molecular formula is C26H22FeN2. The molecule has 0 saturated heterocycles. The average Bonchev–Trinajstić information content (AvgIpc) is 3.52. The van der Waals surface area contributed by atoms with E-state index in [1.807, 2.05) is 54.6 Å². The van der Waals surface area contributed by atoms with Crippen molar-refractivity contribution in [1.82, 2.24) is 9.78 Å². The molecule has 5 aromatic rings. The Balaban J connectivity index is 0.000000352. The van der Waals surface area contributed by atoms with Crippen LogP contribution in [0.4, 0.5) is 0 Å². The van der Waals surface area contributed by atoms with Gasteiger partial charge in [0.25, 0.3) is 0 Å². The van der Waals surface area contributed by atoms with Gasteiger partial charge in [0.2, 0.25) is 0 Å². The molecular weight excluding hydrogens is 396 g/mol. The summed E-state index contributed by atoms with van der Waals surface area (Å²) in [5.41, 5.74) is 5.76. The van der Waals surface area contributed by atoms with E-state index in [4.69, 9.17) is 5.10 Å². The maximum Gasteiger partial charge on any atom is 2.00 e. The van der Waals surface area contributed by atoms with Gasteiger partial charge in [-0.1, -0.05) is 66.7 Å². The number of rotatable bonds is 4. The molecule has 0 amide bonds. The van der Waals surface area contributed by atoms with Crippen LogP contribution in [-0.4, -0.2) is 9.78 Å². The second-order valence-electron chi connectivity index (χ2n) is 6.56. The van der Waals surface area contributed by atoms with E-state index in [0.717, 1.165) is 23.5 Å². The molecule has 5 rings (SSSR count). The van der Waals surface area contributed by atoms with Crippen LogP contribution in [0.5, 0.6) is 0 Å². The number of aromatic nitrogens is 2. The molecule has 1 aromatic heterocycles. The molecule has 29 heavy (non-hydrogen) atoms. The normalized spacial score (nSPS) is 9.93. The molecule has 0 aliphatic carbocycles. The van der Waals surface area contributed by atoms with Crippen LogP contribution in [0.1, 0.15) is 5.56 Å². The van der Waals surface area contributed by atoms with Crippen LogP contribution in [-0.2, 0) is 23.6 Å². The second kappa shape index (κ2) is 10.4. The van der Waals surface area contributed by atoms with E-state index in [-0.39, 0.29) is 17.1 Å². The van der Waals surface area contributed by atoms with Crippen molar-refractivity contribution in [2.45, 2.75) is 6.54 Å². The van der Waals surface area contributed by atoms with E-state index in [2.05, 4.69) is 71.4 Å². The molecule has 1 heterocycles. The molecule has 0 aliphatic rings. The van der Waals surface area contributed by atoms with E-state index in [0.29, 0.717) is 0 Å². The summed E-state index contributed by atoms with van der Waals surface area (Å²) in [6, 6.07) is 41.4.